The van der Waals surface area contributed by atoms with Gasteiger partial charge in [0.1, 0.15) is 0 Å². The van der Waals surface area contributed by atoms with Crippen LogP contribution in [-0.2, 0) is 4.79 Å². The molecule has 0 saturated carbocycles. The zero-order valence-electron chi connectivity index (χ0n) is 11.8. The number of benzene rings is 2. The highest BCUT2D eigenvalue weighted by molar-refractivity contribution is 9.10. The molecule has 0 saturated heterocycles. The number of halogens is 2. The first kappa shape index (κ1) is 16.5. The average Bonchev–Trinajstić information content (AvgIpc) is 2.49. The number of aryl methyl sites for hydroxylation is 1. The number of carbonyl (C=O) groups excluding carboxylic acids is 2. The molecule has 0 aliphatic rings. The van der Waals surface area contributed by atoms with Crippen molar-refractivity contribution in [2.75, 3.05) is 11.9 Å². The van der Waals surface area contributed by atoms with Crippen LogP contribution in [-0.4, -0.2) is 18.4 Å². The summed E-state index contributed by atoms with van der Waals surface area (Å²) in [4.78, 5) is 23.8. The highest BCUT2D eigenvalue weighted by Gasteiger charge is 2.11. The second-order valence-electron chi connectivity index (χ2n) is 4.67. The first-order valence-corrected chi connectivity index (χ1v) is 7.73. The molecule has 0 fully saturated rings. The Kier molecular flexibility index (Phi) is 5.57. The maximum absolute atomic E-state index is 11.9. The van der Waals surface area contributed by atoms with Crippen molar-refractivity contribution in [1.82, 2.24) is 5.32 Å². The van der Waals surface area contributed by atoms with Gasteiger partial charge in [-0.15, -0.1) is 0 Å². The lowest BCUT2D eigenvalue weighted by atomic mass is 10.2. The van der Waals surface area contributed by atoms with E-state index in [-0.39, 0.29) is 18.4 Å². The Balaban J connectivity index is 1.91. The summed E-state index contributed by atoms with van der Waals surface area (Å²) >= 11 is 9.33. The SMILES string of the molecule is Cc1cc(NC(=O)CNC(=O)c2ccccc2Cl)ccc1Br. The molecule has 22 heavy (non-hydrogen) atoms. The summed E-state index contributed by atoms with van der Waals surface area (Å²) in [6.45, 7) is 1.80. The molecule has 0 heterocycles. The number of rotatable bonds is 4. The van der Waals surface area contributed by atoms with Gasteiger partial charge in [-0.25, -0.2) is 0 Å². The molecular formula is C16H14BrClN2O2. The monoisotopic (exact) mass is 380 g/mol. The molecule has 0 atom stereocenters. The Hall–Kier alpha value is -1.85. The summed E-state index contributed by atoms with van der Waals surface area (Å²) in [7, 11) is 0. The summed E-state index contributed by atoms with van der Waals surface area (Å²) in [6.07, 6.45) is 0. The van der Waals surface area contributed by atoms with Crippen LogP contribution in [0.25, 0.3) is 0 Å². The Morgan fingerprint density at radius 1 is 1.18 bits per heavy atom. The molecule has 6 heteroatoms. The topological polar surface area (TPSA) is 58.2 Å². The van der Waals surface area contributed by atoms with Crippen LogP contribution in [0, 0.1) is 6.92 Å². The van der Waals surface area contributed by atoms with Crippen LogP contribution in [0.3, 0.4) is 0 Å². The van der Waals surface area contributed by atoms with Crippen LogP contribution in [0.1, 0.15) is 15.9 Å². The number of nitrogens with one attached hydrogen (secondary N) is 2. The summed E-state index contributed by atoms with van der Waals surface area (Å²) in [6, 6.07) is 12.2. The van der Waals surface area contributed by atoms with Crippen molar-refractivity contribution in [1.29, 1.82) is 0 Å². The lowest BCUT2D eigenvalue weighted by Gasteiger charge is -2.09. The molecule has 2 aromatic carbocycles. The molecular weight excluding hydrogens is 368 g/mol. The maximum atomic E-state index is 11.9. The van der Waals surface area contributed by atoms with E-state index in [9.17, 15) is 9.59 Å². The molecule has 114 valence electrons. The molecule has 0 spiro atoms. The van der Waals surface area contributed by atoms with Gasteiger partial charge in [0.15, 0.2) is 0 Å². The first-order valence-electron chi connectivity index (χ1n) is 6.56. The summed E-state index contributed by atoms with van der Waals surface area (Å²) in [5.41, 5.74) is 2.03. The fourth-order valence-electron chi connectivity index (χ4n) is 1.83. The average molecular weight is 382 g/mol. The van der Waals surface area contributed by atoms with Gasteiger partial charge in [-0.05, 0) is 42.8 Å². The van der Waals surface area contributed by atoms with Gasteiger partial charge in [-0.1, -0.05) is 39.7 Å². The van der Waals surface area contributed by atoms with E-state index in [1.807, 2.05) is 19.1 Å². The third kappa shape index (κ3) is 4.32. The summed E-state index contributed by atoms with van der Waals surface area (Å²) < 4.78 is 0.970. The smallest absolute Gasteiger partial charge is 0.253 e. The molecule has 0 aliphatic carbocycles. The van der Waals surface area contributed by atoms with Gasteiger partial charge in [-0.2, -0.15) is 0 Å². The highest BCUT2D eigenvalue weighted by Crippen LogP contribution is 2.20. The van der Waals surface area contributed by atoms with Gasteiger partial charge in [-0.3, -0.25) is 9.59 Å². The van der Waals surface area contributed by atoms with E-state index in [2.05, 4.69) is 26.6 Å². The fourth-order valence-corrected chi connectivity index (χ4v) is 2.30. The third-order valence-corrected chi connectivity index (χ3v) is 4.19. The largest absolute Gasteiger partial charge is 0.343 e. The molecule has 2 rings (SSSR count). The zero-order chi connectivity index (χ0) is 16.1. The molecule has 2 N–H and O–H groups in total. The van der Waals surface area contributed by atoms with Gasteiger partial charge < -0.3 is 10.6 Å². The molecule has 0 aromatic heterocycles. The lowest BCUT2D eigenvalue weighted by Crippen LogP contribution is -2.33. The van der Waals surface area contributed by atoms with Crippen molar-refractivity contribution < 1.29 is 9.59 Å². The standard InChI is InChI=1S/C16H14BrClN2O2/c1-10-8-11(6-7-13(10)17)20-15(21)9-19-16(22)12-4-2-3-5-14(12)18/h2-8H,9H2,1H3,(H,19,22)(H,20,21). The van der Waals surface area contributed by atoms with Gasteiger partial charge in [0.2, 0.25) is 5.91 Å². The molecule has 4 nitrogen and oxygen atoms in total. The molecule has 0 radical (unpaired) electrons. The quantitative estimate of drug-likeness (QED) is 0.847. The number of anilines is 1. The van der Waals surface area contributed by atoms with Gasteiger partial charge in [0.05, 0.1) is 17.1 Å². The van der Waals surface area contributed by atoms with E-state index in [1.165, 1.54) is 0 Å². The van der Waals surface area contributed by atoms with Crippen molar-refractivity contribution in [3.8, 4) is 0 Å². The minimum Gasteiger partial charge on any atom is -0.343 e. The van der Waals surface area contributed by atoms with Crippen LogP contribution in [0.4, 0.5) is 5.69 Å². The van der Waals surface area contributed by atoms with Crippen LogP contribution >= 0.6 is 27.5 Å². The van der Waals surface area contributed by atoms with E-state index in [0.29, 0.717) is 16.3 Å². The first-order chi connectivity index (χ1) is 10.5. The molecule has 2 aromatic rings. The van der Waals surface area contributed by atoms with E-state index in [4.69, 9.17) is 11.6 Å². The van der Waals surface area contributed by atoms with Crippen LogP contribution < -0.4 is 10.6 Å². The number of hydrogen-bond acceptors (Lipinski definition) is 2. The predicted molar refractivity (Wildman–Crippen MR) is 91.3 cm³/mol. The Morgan fingerprint density at radius 2 is 1.91 bits per heavy atom. The van der Waals surface area contributed by atoms with E-state index < -0.39 is 0 Å². The second-order valence-corrected chi connectivity index (χ2v) is 5.94. The Morgan fingerprint density at radius 3 is 2.59 bits per heavy atom. The van der Waals surface area contributed by atoms with Gasteiger partial charge >= 0.3 is 0 Å². The second kappa shape index (κ2) is 7.42. The normalized spacial score (nSPS) is 10.1. The zero-order valence-corrected chi connectivity index (χ0v) is 14.2. The minimum atomic E-state index is -0.382. The van der Waals surface area contributed by atoms with Crippen LogP contribution in [0.2, 0.25) is 5.02 Å². The molecule has 0 bridgehead atoms. The Bertz CT molecular complexity index is 719. The van der Waals surface area contributed by atoms with Crippen molar-refractivity contribution in [2.45, 2.75) is 6.92 Å². The van der Waals surface area contributed by atoms with Crippen molar-refractivity contribution >= 4 is 45.0 Å². The lowest BCUT2D eigenvalue weighted by molar-refractivity contribution is -0.115. The van der Waals surface area contributed by atoms with Gasteiger partial charge in [0, 0.05) is 10.2 Å². The fraction of sp³-hybridized carbons (Fsp3) is 0.125. The third-order valence-electron chi connectivity index (χ3n) is 2.97. The minimum absolute atomic E-state index is 0.126. The van der Waals surface area contributed by atoms with Crippen molar-refractivity contribution in [3.63, 3.8) is 0 Å². The van der Waals surface area contributed by atoms with Crippen molar-refractivity contribution in [3.05, 3.63) is 63.1 Å². The summed E-state index contributed by atoms with van der Waals surface area (Å²) in [5.74, 6) is -0.685. The highest BCUT2D eigenvalue weighted by atomic mass is 79.9. The maximum Gasteiger partial charge on any atom is 0.253 e. The van der Waals surface area contributed by atoms with E-state index >= 15 is 0 Å². The number of amides is 2. The van der Waals surface area contributed by atoms with Gasteiger partial charge in [0.25, 0.3) is 5.91 Å². The molecule has 0 unspecified atom stereocenters. The van der Waals surface area contributed by atoms with Crippen LogP contribution in [0.15, 0.2) is 46.9 Å². The number of carbonyl (C=O) groups is 2. The van der Waals surface area contributed by atoms with E-state index in [1.54, 1.807) is 30.3 Å². The summed E-state index contributed by atoms with van der Waals surface area (Å²) in [5, 5.41) is 5.62. The van der Waals surface area contributed by atoms with Crippen LogP contribution in [0.5, 0.6) is 0 Å². The van der Waals surface area contributed by atoms with Crippen molar-refractivity contribution in [2.24, 2.45) is 0 Å². The number of hydrogen-bond donors (Lipinski definition) is 2. The predicted octanol–water partition coefficient (Wildman–Crippen LogP) is 3.78. The van der Waals surface area contributed by atoms with E-state index in [0.717, 1.165) is 10.0 Å². The Labute approximate surface area is 142 Å². The molecule has 0 aliphatic heterocycles. The molecule has 2 amide bonds.